The zero-order chi connectivity index (χ0) is 16.9. The molecular formula is C17H21NO4S. The summed E-state index contributed by atoms with van der Waals surface area (Å²) in [6, 6.07) is 12.5. The molecule has 0 bridgehead atoms. The predicted molar refractivity (Wildman–Crippen MR) is 89.6 cm³/mol. The lowest BCUT2D eigenvalue weighted by molar-refractivity contribution is 0.298. The van der Waals surface area contributed by atoms with Gasteiger partial charge >= 0.3 is 0 Å². The van der Waals surface area contributed by atoms with E-state index in [1.165, 1.54) is 0 Å². The minimum absolute atomic E-state index is 0.174. The summed E-state index contributed by atoms with van der Waals surface area (Å²) >= 11 is 0. The highest BCUT2D eigenvalue weighted by Crippen LogP contribution is 2.27. The van der Waals surface area contributed by atoms with Gasteiger partial charge in [0.05, 0.1) is 12.0 Å². The van der Waals surface area contributed by atoms with Gasteiger partial charge in [-0.15, -0.1) is 0 Å². The van der Waals surface area contributed by atoms with Gasteiger partial charge in [-0.05, 0) is 43.2 Å². The van der Waals surface area contributed by atoms with Gasteiger partial charge in [0.2, 0.25) is 10.0 Å². The molecule has 2 aromatic rings. The van der Waals surface area contributed by atoms with Crippen LogP contribution in [-0.4, -0.2) is 28.7 Å². The maximum absolute atomic E-state index is 12.2. The SMILES string of the molecule is COc1cc(C)ccc1OCCNS(=O)(=O)c1ccccc1C. The monoisotopic (exact) mass is 335 g/mol. The van der Waals surface area contributed by atoms with Crippen LogP contribution in [0.2, 0.25) is 0 Å². The van der Waals surface area contributed by atoms with Crippen molar-refractivity contribution in [3.8, 4) is 11.5 Å². The summed E-state index contributed by atoms with van der Waals surface area (Å²) in [7, 11) is -1.96. The second kappa shape index (κ2) is 7.48. The standard InChI is InChI=1S/C17H21NO4S/c1-13-8-9-15(16(12-13)21-3)22-11-10-18-23(19,20)17-7-5-4-6-14(17)2/h4-9,12,18H,10-11H2,1-3H3. The van der Waals surface area contributed by atoms with E-state index in [4.69, 9.17) is 9.47 Å². The van der Waals surface area contributed by atoms with Gasteiger partial charge in [0.1, 0.15) is 6.61 Å². The zero-order valence-electron chi connectivity index (χ0n) is 13.5. The summed E-state index contributed by atoms with van der Waals surface area (Å²) < 4.78 is 37.9. The van der Waals surface area contributed by atoms with Gasteiger partial charge in [-0.2, -0.15) is 0 Å². The average molecular weight is 335 g/mol. The Kier molecular flexibility index (Phi) is 5.63. The van der Waals surface area contributed by atoms with E-state index in [-0.39, 0.29) is 18.0 Å². The van der Waals surface area contributed by atoms with Crippen LogP contribution in [0.25, 0.3) is 0 Å². The molecule has 0 spiro atoms. The first-order valence-electron chi connectivity index (χ1n) is 7.27. The Hall–Kier alpha value is -2.05. The van der Waals surface area contributed by atoms with Crippen LogP contribution in [0, 0.1) is 13.8 Å². The molecule has 5 nitrogen and oxygen atoms in total. The van der Waals surface area contributed by atoms with Gasteiger partial charge in [-0.3, -0.25) is 0 Å². The van der Waals surface area contributed by atoms with Crippen LogP contribution in [0.1, 0.15) is 11.1 Å². The van der Waals surface area contributed by atoms with Crippen molar-refractivity contribution in [2.45, 2.75) is 18.7 Å². The molecule has 0 radical (unpaired) electrons. The number of sulfonamides is 1. The smallest absolute Gasteiger partial charge is 0.240 e. The van der Waals surface area contributed by atoms with E-state index in [2.05, 4.69) is 4.72 Å². The highest BCUT2D eigenvalue weighted by molar-refractivity contribution is 7.89. The van der Waals surface area contributed by atoms with Crippen LogP contribution in [0.3, 0.4) is 0 Å². The third kappa shape index (κ3) is 4.46. The van der Waals surface area contributed by atoms with Gasteiger partial charge in [-0.25, -0.2) is 13.1 Å². The van der Waals surface area contributed by atoms with Gasteiger partial charge in [0.15, 0.2) is 11.5 Å². The minimum atomic E-state index is -3.53. The fourth-order valence-electron chi connectivity index (χ4n) is 2.17. The lowest BCUT2D eigenvalue weighted by atomic mass is 10.2. The first kappa shape index (κ1) is 17.3. The molecule has 1 N–H and O–H groups in total. The van der Waals surface area contributed by atoms with Crippen molar-refractivity contribution < 1.29 is 17.9 Å². The van der Waals surface area contributed by atoms with Crippen LogP contribution in [0.5, 0.6) is 11.5 Å². The fraction of sp³-hybridized carbons (Fsp3) is 0.294. The minimum Gasteiger partial charge on any atom is -0.493 e. The second-order valence-corrected chi connectivity index (χ2v) is 6.90. The van der Waals surface area contributed by atoms with Crippen LogP contribution in [-0.2, 0) is 10.0 Å². The molecule has 0 fully saturated rings. The highest BCUT2D eigenvalue weighted by Gasteiger charge is 2.15. The van der Waals surface area contributed by atoms with Crippen molar-refractivity contribution in [1.82, 2.24) is 4.72 Å². The normalized spacial score (nSPS) is 11.3. The molecule has 0 unspecified atom stereocenters. The van der Waals surface area contributed by atoms with Crippen molar-refractivity contribution in [2.75, 3.05) is 20.3 Å². The first-order valence-corrected chi connectivity index (χ1v) is 8.75. The van der Waals surface area contributed by atoms with Crippen molar-refractivity contribution in [3.05, 3.63) is 53.6 Å². The van der Waals surface area contributed by atoms with E-state index in [1.807, 2.05) is 25.1 Å². The molecule has 0 amide bonds. The number of methoxy groups -OCH3 is 1. The summed E-state index contributed by atoms with van der Waals surface area (Å²) in [6.07, 6.45) is 0. The van der Waals surface area contributed by atoms with Crippen LogP contribution in [0.4, 0.5) is 0 Å². The Bertz CT molecular complexity index is 772. The third-order valence-electron chi connectivity index (χ3n) is 3.35. The quantitative estimate of drug-likeness (QED) is 0.790. The van der Waals surface area contributed by atoms with Gasteiger partial charge < -0.3 is 9.47 Å². The van der Waals surface area contributed by atoms with E-state index < -0.39 is 10.0 Å². The number of hydrogen-bond donors (Lipinski definition) is 1. The molecule has 2 rings (SSSR count). The van der Waals surface area contributed by atoms with Crippen LogP contribution >= 0.6 is 0 Å². The number of ether oxygens (including phenoxy) is 2. The molecule has 0 atom stereocenters. The number of benzene rings is 2. The maximum atomic E-state index is 12.2. The van der Waals surface area contributed by atoms with Crippen molar-refractivity contribution in [2.24, 2.45) is 0 Å². The molecule has 0 heterocycles. The molecule has 0 saturated carbocycles. The van der Waals surface area contributed by atoms with Gasteiger partial charge in [-0.1, -0.05) is 24.3 Å². The summed E-state index contributed by atoms with van der Waals surface area (Å²) in [5.41, 5.74) is 1.77. The Morgan fingerprint density at radius 2 is 1.78 bits per heavy atom. The highest BCUT2D eigenvalue weighted by atomic mass is 32.2. The number of nitrogens with one attached hydrogen (secondary N) is 1. The molecule has 23 heavy (non-hydrogen) atoms. The van der Waals surface area contributed by atoms with E-state index in [1.54, 1.807) is 38.3 Å². The number of aryl methyl sites for hydroxylation is 2. The molecule has 0 saturated heterocycles. The predicted octanol–water partition coefficient (Wildman–Crippen LogP) is 2.67. The first-order chi connectivity index (χ1) is 10.9. The lowest BCUT2D eigenvalue weighted by Gasteiger charge is -2.12. The Labute approximate surface area is 137 Å². The van der Waals surface area contributed by atoms with E-state index in [0.717, 1.165) is 5.56 Å². The summed E-state index contributed by atoms with van der Waals surface area (Å²) in [4.78, 5) is 0.285. The lowest BCUT2D eigenvalue weighted by Crippen LogP contribution is -2.28. The largest absolute Gasteiger partial charge is 0.493 e. The van der Waals surface area contributed by atoms with Crippen molar-refractivity contribution in [1.29, 1.82) is 0 Å². The third-order valence-corrected chi connectivity index (χ3v) is 4.98. The average Bonchev–Trinajstić information content (AvgIpc) is 2.52. The summed E-state index contributed by atoms with van der Waals surface area (Å²) in [6.45, 7) is 4.11. The molecule has 124 valence electrons. The summed E-state index contributed by atoms with van der Waals surface area (Å²) in [5.74, 6) is 1.22. The van der Waals surface area contributed by atoms with Crippen molar-refractivity contribution in [3.63, 3.8) is 0 Å². The molecular weight excluding hydrogens is 314 g/mol. The molecule has 6 heteroatoms. The molecule has 0 aliphatic carbocycles. The number of rotatable bonds is 7. The van der Waals surface area contributed by atoms with Gasteiger partial charge in [0.25, 0.3) is 0 Å². The maximum Gasteiger partial charge on any atom is 0.240 e. The molecule has 0 aliphatic rings. The van der Waals surface area contributed by atoms with Crippen LogP contribution in [0.15, 0.2) is 47.4 Å². The molecule has 2 aromatic carbocycles. The molecule has 0 aliphatic heterocycles. The Morgan fingerprint density at radius 3 is 2.48 bits per heavy atom. The van der Waals surface area contributed by atoms with E-state index in [9.17, 15) is 8.42 Å². The van der Waals surface area contributed by atoms with E-state index >= 15 is 0 Å². The summed E-state index contributed by atoms with van der Waals surface area (Å²) in [5, 5.41) is 0. The fourth-order valence-corrected chi connectivity index (χ4v) is 3.42. The zero-order valence-corrected chi connectivity index (χ0v) is 14.3. The topological polar surface area (TPSA) is 64.6 Å². The van der Waals surface area contributed by atoms with Crippen molar-refractivity contribution >= 4 is 10.0 Å². The van der Waals surface area contributed by atoms with Crippen LogP contribution < -0.4 is 14.2 Å². The van der Waals surface area contributed by atoms with E-state index in [0.29, 0.717) is 17.1 Å². The van der Waals surface area contributed by atoms with Gasteiger partial charge in [0, 0.05) is 6.54 Å². The number of hydrogen-bond acceptors (Lipinski definition) is 4. The second-order valence-electron chi connectivity index (χ2n) is 5.17. The Balaban J connectivity index is 1.94. The Morgan fingerprint density at radius 1 is 1.04 bits per heavy atom. The molecule has 0 aromatic heterocycles.